The summed E-state index contributed by atoms with van der Waals surface area (Å²) in [5.74, 6) is 1.07. The van der Waals surface area contributed by atoms with Gasteiger partial charge in [0.15, 0.2) is 0 Å². The average molecular weight is 441 g/mol. The summed E-state index contributed by atoms with van der Waals surface area (Å²) in [6, 6.07) is 17.8. The number of H-pyrrole nitrogens is 1. The summed E-state index contributed by atoms with van der Waals surface area (Å²) in [5.41, 5.74) is 4.94. The maximum absolute atomic E-state index is 13.4. The van der Waals surface area contributed by atoms with Crippen LogP contribution in [0.2, 0.25) is 0 Å². The number of anilines is 1. The lowest BCUT2D eigenvalue weighted by molar-refractivity contribution is 0.787. The molecule has 0 radical (unpaired) electrons. The molecular weight excluding hydrogens is 412 g/mol. The quantitative estimate of drug-likeness (QED) is 0.440. The van der Waals surface area contributed by atoms with Crippen molar-refractivity contribution < 1.29 is 0 Å². The van der Waals surface area contributed by atoms with E-state index in [1.807, 2.05) is 48.5 Å². The van der Waals surface area contributed by atoms with Crippen molar-refractivity contribution in [1.29, 1.82) is 5.26 Å². The van der Waals surface area contributed by atoms with Crippen molar-refractivity contribution in [3.05, 3.63) is 81.3 Å². The summed E-state index contributed by atoms with van der Waals surface area (Å²) >= 11 is 0. The Balaban J connectivity index is 1.71. The molecule has 7 nitrogen and oxygen atoms in total. The van der Waals surface area contributed by atoms with Gasteiger partial charge in [0.25, 0.3) is 11.3 Å². The van der Waals surface area contributed by atoms with Crippen molar-refractivity contribution >= 4 is 11.7 Å². The third-order valence-corrected chi connectivity index (χ3v) is 5.91. The number of aromatic nitrogens is 4. The van der Waals surface area contributed by atoms with Gasteiger partial charge in [-0.3, -0.25) is 9.89 Å². The number of nitrogens with one attached hydrogen (secondary N) is 1. The first-order chi connectivity index (χ1) is 16.1. The number of aromatic amines is 1. The molecule has 0 fully saturated rings. The van der Waals surface area contributed by atoms with E-state index in [1.54, 1.807) is 0 Å². The SMILES string of the molecule is CCCc1nc2nc(N(CC)CC)[nH]n2c(=O)c1Cc1ccc(-c2ccccc2C#N)cc1. The Hall–Kier alpha value is -3.92. The number of nitrogens with zero attached hydrogens (tertiary/aromatic N) is 5. The van der Waals surface area contributed by atoms with Crippen molar-refractivity contribution in [2.24, 2.45) is 0 Å². The van der Waals surface area contributed by atoms with E-state index in [4.69, 9.17) is 4.98 Å². The fraction of sp³-hybridized carbons (Fsp3) is 0.308. The second-order valence-corrected chi connectivity index (χ2v) is 7.98. The van der Waals surface area contributed by atoms with Crippen LogP contribution in [-0.2, 0) is 12.8 Å². The second-order valence-electron chi connectivity index (χ2n) is 7.98. The van der Waals surface area contributed by atoms with Crippen molar-refractivity contribution in [3.8, 4) is 17.2 Å². The van der Waals surface area contributed by atoms with Gasteiger partial charge in [-0.05, 0) is 43.0 Å². The van der Waals surface area contributed by atoms with Crippen LogP contribution in [0.1, 0.15) is 49.6 Å². The van der Waals surface area contributed by atoms with Crippen LogP contribution in [0.3, 0.4) is 0 Å². The highest BCUT2D eigenvalue weighted by molar-refractivity contribution is 5.70. The second kappa shape index (κ2) is 9.70. The Morgan fingerprint density at radius 3 is 2.42 bits per heavy atom. The Kier molecular flexibility index (Phi) is 6.55. The number of hydrogen-bond acceptors (Lipinski definition) is 5. The molecule has 0 aliphatic carbocycles. The van der Waals surface area contributed by atoms with E-state index >= 15 is 0 Å². The lowest BCUT2D eigenvalue weighted by Gasteiger charge is -2.15. The molecule has 0 aliphatic heterocycles. The highest BCUT2D eigenvalue weighted by Crippen LogP contribution is 2.24. The van der Waals surface area contributed by atoms with Crippen LogP contribution in [-0.4, -0.2) is 32.7 Å². The van der Waals surface area contributed by atoms with E-state index in [0.29, 0.717) is 29.3 Å². The minimum absolute atomic E-state index is 0.103. The molecule has 0 bridgehead atoms. The Labute approximate surface area is 193 Å². The Morgan fingerprint density at radius 1 is 1.03 bits per heavy atom. The van der Waals surface area contributed by atoms with Crippen LogP contribution >= 0.6 is 0 Å². The summed E-state index contributed by atoms with van der Waals surface area (Å²) in [5, 5.41) is 12.5. The van der Waals surface area contributed by atoms with Gasteiger partial charge in [-0.25, -0.2) is 4.98 Å². The molecule has 0 aliphatic rings. The van der Waals surface area contributed by atoms with Gasteiger partial charge < -0.3 is 4.90 Å². The highest BCUT2D eigenvalue weighted by atomic mass is 16.1. The number of benzene rings is 2. The van der Waals surface area contributed by atoms with E-state index in [1.165, 1.54) is 4.52 Å². The summed E-state index contributed by atoms with van der Waals surface area (Å²) in [7, 11) is 0. The van der Waals surface area contributed by atoms with Crippen LogP contribution in [0.5, 0.6) is 0 Å². The minimum atomic E-state index is -0.103. The van der Waals surface area contributed by atoms with Crippen LogP contribution in [0.4, 0.5) is 5.95 Å². The van der Waals surface area contributed by atoms with Gasteiger partial charge in [-0.15, -0.1) is 0 Å². The first kappa shape index (κ1) is 22.3. The lowest BCUT2D eigenvalue weighted by Crippen LogP contribution is -2.25. The zero-order chi connectivity index (χ0) is 23.4. The largest absolute Gasteiger partial charge is 0.342 e. The molecule has 0 atom stereocenters. The van der Waals surface area contributed by atoms with E-state index in [9.17, 15) is 10.1 Å². The summed E-state index contributed by atoms with van der Waals surface area (Å²) in [4.78, 5) is 24.8. The third-order valence-electron chi connectivity index (χ3n) is 5.91. The molecule has 4 rings (SSSR count). The molecule has 7 heteroatoms. The molecule has 1 N–H and O–H groups in total. The maximum Gasteiger partial charge on any atom is 0.277 e. The molecular formula is C26H28N6O. The van der Waals surface area contributed by atoms with Crippen molar-refractivity contribution in [2.45, 2.75) is 40.0 Å². The van der Waals surface area contributed by atoms with Gasteiger partial charge >= 0.3 is 0 Å². The number of fused-ring (bicyclic) bond motifs is 1. The van der Waals surface area contributed by atoms with Gasteiger partial charge in [-0.1, -0.05) is 55.8 Å². The zero-order valence-corrected chi connectivity index (χ0v) is 19.3. The van der Waals surface area contributed by atoms with E-state index in [2.05, 4.69) is 41.8 Å². The molecule has 2 aromatic heterocycles. The zero-order valence-electron chi connectivity index (χ0n) is 19.3. The highest BCUT2D eigenvalue weighted by Gasteiger charge is 2.17. The molecule has 168 valence electrons. The van der Waals surface area contributed by atoms with Crippen LogP contribution in [0.15, 0.2) is 53.3 Å². The number of hydrogen-bond donors (Lipinski definition) is 1. The topological polar surface area (TPSA) is 90.1 Å². The molecule has 0 amide bonds. The molecule has 33 heavy (non-hydrogen) atoms. The Bertz CT molecular complexity index is 1360. The molecule has 0 spiro atoms. The molecule has 0 saturated heterocycles. The molecule has 4 aromatic rings. The predicted octanol–water partition coefficient (Wildman–Crippen LogP) is 4.35. The van der Waals surface area contributed by atoms with Crippen LogP contribution < -0.4 is 10.5 Å². The first-order valence-electron chi connectivity index (χ1n) is 11.4. The van der Waals surface area contributed by atoms with Gasteiger partial charge in [0, 0.05) is 25.1 Å². The molecule has 0 unspecified atom stereocenters. The standard InChI is InChI=1S/C26H28N6O/c1-4-9-23-22(24(33)32-25(28-23)29-26(30-32)31(5-2)6-3)16-18-12-14-19(15-13-18)21-11-8-7-10-20(21)17-27/h7-8,10-15H,4-6,9,16H2,1-3H3,(H,28,29,30). The normalized spacial score (nSPS) is 11.0. The van der Waals surface area contributed by atoms with Gasteiger partial charge in [0.1, 0.15) is 0 Å². The summed E-state index contributed by atoms with van der Waals surface area (Å²) < 4.78 is 1.46. The number of rotatable bonds is 8. The van der Waals surface area contributed by atoms with Crippen molar-refractivity contribution in [3.63, 3.8) is 0 Å². The first-order valence-corrected chi connectivity index (χ1v) is 11.4. The smallest absolute Gasteiger partial charge is 0.277 e. The Morgan fingerprint density at radius 2 is 1.76 bits per heavy atom. The maximum atomic E-state index is 13.4. The minimum Gasteiger partial charge on any atom is -0.342 e. The van der Waals surface area contributed by atoms with E-state index < -0.39 is 0 Å². The van der Waals surface area contributed by atoms with Crippen LogP contribution in [0, 0.1) is 11.3 Å². The summed E-state index contributed by atoms with van der Waals surface area (Å²) in [6.07, 6.45) is 2.11. The fourth-order valence-corrected chi connectivity index (χ4v) is 4.11. The van der Waals surface area contributed by atoms with Gasteiger partial charge in [0.05, 0.1) is 17.3 Å². The van der Waals surface area contributed by atoms with Crippen molar-refractivity contribution in [1.82, 2.24) is 19.6 Å². The summed E-state index contributed by atoms with van der Waals surface area (Å²) in [6.45, 7) is 7.78. The third kappa shape index (κ3) is 4.37. The van der Waals surface area contributed by atoms with Gasteiger partial charge in [-0.2, -0.15) is 14.8 Å². The van der Waals surface area contributed by atoms with E-state index in [0.717, 1.165) is 48.3 Å². The number of nitriles is 1. The lowest BCUT2D eigenvalue weighted by atomic mass is 9.97. The predicted molar refractivity (Wildman–Crippen MR) is 131 cm³/mol. The van der Waals surface area contributed by atoms with Crippen molar-refractivity contribution in [2.75, 3.05) is 18.0 Å². The fourth-order valence-electron chi connectivity index (χ4n) is 4.11. The van der Waals surface area contributed by atoms with Gasteiger partial charge in [0.2, 0.25) is 5.95 Å². The monoisotopic (exact) mass is 440 g/mol. The molecule has 2 aromatic carbocycles. The van der Waals surface area contributed by atoms with E-state index in [-0.39, 0.29) is 5.56 Å². The molecule has 2 heterocycles. The number of aryl methyl sites for hydroxylation is 1. The van der Waals surface area contributed by atoms with Crippen LogP contribution in [0.25, 0.3) is 16.9 Å². The average Bonchev–Trinajstić information content (AvgIpc) is 3.27. The molecule has 0 saturated carbocycles.